The first-order valence-corrected chi connectivity index (χ1v) is 9.43. The van der Waals surface area contributed by atoms with E-state index in [2.05, 4.69) is 6.58 Å². The van der Waals surface area contributed by atoms with Crippen molar-refractivity contribution in [3.63, 3.8) is 0 Å². The molecule has 142 valence electrons. The van der Waals surface area contributed by atoms with Gasteiger partial charge in [0.25, 0.3) is 0 Å². The van der Waals surface area contributed by atoms with Crippen LogP contribution in [0.3, 0.4) is 0 Å². The van der Waals surface area contributed by atoms with Crippen molar-refractivity contribution >= 4 is 5.97 Å². The molecule has 0 aromatic heterocycles. The second kappa shape index (κ2) is 7.85. The maximum Gasteiger partial charge on any atom is 0.334 e. The van der Waals surface area contributed by atoms with E-state index in [4.69, 9.17) is 4.74 Å². The summed E-state index contributed by atoms with van der Waals surface area (Å²) in [7, 11) is 0. The summed E-state index contributed by atoms with van der Waals surface area (Å²) >= 11 is 0. The standard InChI is InChI=1S/C26H26O2/c1-18(2)25(27)28-26(22-12-6-19(3)7-13-22,23-14-8-20(4)9-15-23)24-16-10-21(5)11-17-24/h6-17H,1H2,2-5H3. The van der Waals surface area contributed by atoms with Crippen LogP contribution in [0, 0.1) is 20.8 Å². The van der Waals surface area contributed by atoms with E-state index in [-0.39, 0.29) is 0 Å². The third kappa shape index (κ3) is 3.77. The van der Waals surface area contributed by atoms with Crippen LogP contribution in [0.25, 0.3) is 0 Å². The van der Waals surface area contributed by atoms with Crippen LogP contribution in [0.15, 0.2) is 84.9 Å². The molecule has 0 saturated heterocycles. The molecule has 0 aliphatic heterocycles. The second-order valence-electron chi connectivity index (χ2n) is 7.45. The van der Waals surface area contributed by atoms with Crippen molar-refractivity contribution in [2.24, 2.45) is 0 Å². The maximum absolute atomic E-state index is 12.8. The van der Waals surface area contributed by atoms with E-state index < -0.39 is 11.6 Å². The van der Waals surface area contributed by atoms with Crippen LogP contribution in [-0.4, -0.2) is 5.97 Å². The van der Waals surface area contributed by atoms with Crippen molar-refractivity contribution in [2.75, 3.05) is 0 Å². The normalized spacial score (nSPS) is 11.1. The lowest BCUT2D eigenvalue weighted by Gasteiger charge is -2.35. The molecule has 2 heteroatoms. The Hall–Kier alpha value is -3.13. The number of ether oxygens (including phenoxy) is 1. The molecule has 0 spiro atoms. The summed E-state index contributed by atoms with van der Waals surface area (Å²) in [6.07, 6.45) is 0. The average Bonchev–Trinajstić information content (AvgIpc) is 2.68. The molecule has 3 aromatic carbocycles. The van der Waals surface area contributed by atoms with Crippen molar-refractivity contribution < 1.29 is 9.53 Å². The van der Waals surface area contributed by atoms with Crippen molar-refractivity contribution in [3.05, 3.63) is 118 Å². The monoisotopic (exact) mass is 370 g/mol. The molecule has 0 N–H and O–H groups in total. The fraction of sp³-hybridized carbons (Fsp3) is 0.192. The highest BCUT2D eigenvalue weighted by Crippen LogP contribution is 2.41. The fourth-order valence-electron chi connectivity index (χ4n) is 3.27. The lowest BCUT2D eigenvalue weighted by Crippen LogP contribution is -2.35. The number of rotatable bonds is 5. The number of esters is 1. The molecule has 0 aliphatic rings. The van der Waals surface area contributed by atoms with Gasteiger partial charge in [-0.05, 0) is 27.7 Å². The number of hydrogen-bond donors (Lipinski definition) is 0. The van der Waals surface area contributed by atoms with Gasteiger partial charge in [0.2, 0.25) is 0 Å². The predicted octanol–water partition coefficient (Wildman–Crippen LogP) is 6.02. The Balaban J connectivity index is 2.34. The molecule has 28 heavy (non-hydrogen) atoms. The molecule has 0 heterocycles. The van der Waals surface area contributed by atoms with Crippen LogP contribution < -0.4 is 0 Å². The van der Waals surface area contributed by atoms with Crippen LogP contribution in [0.2, 0.25) is 0 Å². The van der Waals surface area contributed by atoms with E-state index >= 15 is 0 Å². The SMILES string of the molecule is C=C(C)C(=O)OC(c1ccc(C)cc1)(c1ccc(C)cc1)c1ccc(C)cc1. The largest absolute Gasteiger partial charge is 0.441 e. The molecule has 0 bridgehead atoms. The highest BCUT2D eigenvalue weighted by molar-refractivity contribution is 5.88. The fourth-order valence-corrected chi connectivity index (χ4v) is 3.27. The summed E-state index contributed by atoms with van der Waals surface area (Å²) in [5.74, 6) is -0.415. The van der Waals surface area contributed by atoms with Gasteiger partial charge in [0.1, 0.15) is 0 Å². The molecule has 3 rings (SSSR count). The van der Waals surface area contributed by atoms with Gasteiger partial charge in [0.05, 0.1) is 0 Å². The molecule has 3 aromatic rings. The lowest BCUT2D eigenvalue weighted by molar-refractivity contribution is -0.148. The summed E-state index contributed by atoms with van der Waals surface area (Å²) < 4.78 is 6.24. The minimum Gasteiger partial charge on any atom is -0.441 e. The molecule has 0 amide bonds. The Morgan fingerprint density at radius 1 is 0.679 bits per heavy atom. The van der Waals surface area contributed by atoms with Gasteiger partial charge < -0.3 is 4.74 Å². The number of carbonyl (C=O) groups excluding carboxylic acids is 1. The van der Waals surface area contributed by atoms with E-state index in [9.17, 15) is 4.79 Å². The van der Waals surface area contributed by atoms with Gasteiger partial charge in [0.15, 0.2) is 5.60 Å². The third-order valence-corrected chi connectivity index (χ3v) is 4.97. The zero-order valence-electron chi connectivity index (χ0n) is 17.0. The lowest BCUT2D eigenvalue weighted by atomic mass is 9.79. The van der Waals surface area contributed by atoms with Crippen molar-refractivity contribution in [3.8, 4) is 0 Å². The van der Waals surface area contributed by atoms with Crippen LogP contribution in [0.1, 0.15) is 40.3 Å². The second-order valence-corrected chi connectivity index (χ2v) is 7.45. The average molecular weight is 370 g/mol. The van der Waals surface area contributed by atoms with E-state index in [0.29, 0.717) is 5.57 Å². The predicted molar refractivity (Wildman–Crippen MR) is 114 cm³/mol. The van der Waals surface area contributed by atoms with E-state index in [1.54, 1.807) is 6.92 Å². The summed E-state index contributed by atoms with van der Waals surface area (Å²) in [5, 5.41) is 0. The van der Waals surface area contributed by atoms with E-state index in [1.807, 2.05) is 93.6 Å². The van der Waals surface area contributed by atoms with Gasteiger partial charge in [-0.1, -0.05) is 96.1 Å². The van der Waals surface area contributed by atoms with Gasteiger partial charge in [-0.2, -0.15) is 0 Å². The first-order valence-electron chi connectivity index (χ1n) is 9.43. The van der Waals surface area contributed by atoms with Crippen LogP contribution in [0.5, 0.6) is 0 Å². The molecule has 0 fully saturated rings. The maximum atomic E-state index is 12.8. The first-order chi connectivity index (χ1) is 13.3. The van der Waals surface area contributed by atoms with E-state index in [0.717, 1.165) is 33.4 Å². The van der Waals surface area contributed by atoms with Gasteiger partial charge in [-0.3, -0.25) is 0 Å². The van der Waals surface area contributed by atoms with Gasteiger partial charge >= 0.3 is 5.97 Å². The molecule has 0 saturated carbocycles. The number of hydrogen-bond acceptors (Lipinski definition) is 2. The Labute approximate surface area is 167 Å². The molecular weight excluding hydrogens is 344 g/mol. The Morgan fingerprint density at radius 3 is 1.21 bits per heavy atom. The summed E-state index contributed by atoms with van der Waals surface area (Å²) in [6.45, 7) is 11.6. The third-order valence-electron chi connectivity index (χ3n) is 4.97. The molecule has 2 nitrogen and oxygen atoms in total. The van der Waals surface area contributed by atoms with Crippen molar-refractivity contribution in [2.45, 2.75) is 33.3 Å². The zero-order chi connectivity index (χ0) is 20.3. The molecule has 0 atom stereocenters. The number of carbonyl (C=O) groups is 1. The smallest absolute Gasteiger partial charge is 0.334 e. The topological polar surface area (TPSA) is 26.3 Å². The summed E-state index contributed by atoms with van der Waals surface area (Å²) in [6, 6.07) is 24.4. The number of benzene rings is 3. The Kier molecular flexibility index (Phi) is 5.51. The molecular formula is C26H26O2. The van der Waals surface area contributed by atoms with Gasteiger partial charge in [-0.25, -0.2) is 4.79 Å². The van der Waals surface area contributed by atoms with Gasteiger partial charge in [-0.15, -0.1) is 0 Å². The summed E-state index contributed by atoms with van der Waals surface area (Å²) in [4.78, 5) is 12.8. The minimum absolute atomic E-state index is 0.371. The van der Waals surface area contributed by atoms with Crippen LogP contribution in [0.4, 0.5) is 0 Å². The Morgan fingerprint density at radius 2 is 0.964 bits per heavy atom. The van der Waals surface area contributed by atoms with Crippen molar-refractivity contribution in [1.82, 2.24) is 0 Å². The first kappa shape index (κ1) is 19.6. The molecule has 0 aliphatic carbocycles. The Bertz CT molecular complexity index is 867. The number of aryl methyl sites for hydroxylation is 3. The molecule has 0 unspecified atom stereocenters. The van der Waals surface area contributed by atoms with Crippen molar-refractivity contribution in [1.29, 1.82) is 0 Å². The highest BCUT2D eigenvalue weighted by atomic mass is 16.6. The quantitative estimate of drug-likeness (QED) is 0.312. The van der Waals surface area contributed by atoms with Gasteiger partial charge in [0, 0.05) is 22.3 Å². The summed E-state index contributed by atoms with van der Waals surface area (Å²) in [5.41, 5.74) is 5.48. The van der Waals surface area contributed by atoms with Crippen LogP contribution >= 0.6 is 0 Å². The minimum atomic E-state index is -1.05. The van der Waals surface area contributed by atoms with E-state index in [1.165, 1.54) is 0 Å². The molecule has 0 radical (unpaired) electrons. The zero-order valence-corrected chi connectivity index (χ0v) is 17.0. The highest BCUT2D eigenvalue weighted by Gasteiger charge is 2.40. The van der Waals surface area contributed by atoms with Crippen LogP contribution in [-0.2, 0) is 15.1 Å².